The number of ether oxygens (including phenoxy) is 1. The van der Waals surface area contributed by atoms with Crippen molar-refractivity contribution in [2.45, 2.75) is 25.7 Å². The Kier molecular flexibility index (Phi) is 4.53. The molecule has 1 aromatic carbocycles. The van der Waals surface area contributed by atoms with Crippen LogP contribution in [0.2, 0.25) is 0 Å². The standard InChI is InChI=1S/C20H23N5O2/c1-12-14(18(21)26)5-6-15(17(12)13-3-4-13)16-11-24-20-19(23-8-10-27-2)22-7-9-25(16)20/h5-7,9,11,13H,3-4,8,10H2,1-2H3,(H2,21,26)(H,22,23). The van der Waals surface area contributed by atoms with Crippen LogP contribution in [0.15, 0.2) is 30.7 Å². The maximum Gasteiger partial charge on any atom is 0.248 e. The fourth-order valence-electron chi connectivity index (χ4n) is 3.63. The van der Waals surface area contributed by atoms with Crippen LogP contribution < -0.4 is 11.1 Å². The second-order valence-corrected chi connectivity index (χ2v) is 6.87. The first-order valence-electron chi connectivity index (χ1n) is 9.10. The van der Waals surface area contributed by atoms with Gasteiger partial charge in [-0.1, -0.05) is 6.07 Å². The van der Waals surface area contributed by atoms with E-state index in [1.165, 1.54) is 5.56 Å². The SMILES string of the molecule is COCCNc1nccn2c(-c3ccc(C(N)=O)c(C)c3C3CC3)cnc12. The van der Waals surface area contributed by atoms with E-state index in [4.69, 9.17) is 10.5 Å². The summed E-state index contributed by atoms with van der Waals surface area (Å²) < 4.78 is 7.12. The quantitative estimate of drug-likeness (QED) is 0.628. The zero-order chi connectivity index (χ0) is 19.0. The molecule has 0 aliphatic heterocycles. The average Bonchev–Trinajstić information content (AvgIpc) is 3.39. The zero-order valence-corrected chi connectivity index (χ0v) is 15.5. The minimum Gasteiger partial charge on any atom is -0.383 e. The van der Waals surface area contributed by atoms with E-state index in [1.54, 1.807) is 13.3 Å². The van der Waals surface area contributed by atoms with Gasteiger partial charge in [0.05, 0.1) is 18.5 Å². The van der Waals surface area contributed by atoms with Gasteiger partial charge in [-0.3, -0.25) is 9.20 Å². The third-order valence-corrected chi connectivity index (χ3v) is 5.07. The number of benzene rings is 1. The van der Waals surface area contributed by atoms with Gasteiger partial charge < -0.3 is 15.8 Å². The molecule has 1 amide bonds. The molecule has 2 aromatic heterocycles. The van der Waals surface area contributed by atoms with Crippen molar-refractivity contribution in [3.8, 4) is 11.3 Å². The normalized spacial score (nSPS) is 13.9. The van der Waals surface area contributed by atoms with Gasteiger partial charge in [-0.15, -0.1) is 0 Å². The van der Waals surface area contributed by atoms with Gasteiger partial charge in [-0.2, -0.15) is 0 Å². The molecule has 0 bridgehead atoms. The Hall–Kier alpha value is -2.93. The fourth-order valence-corrected chi connectivity index (χ4v) is 3.63. The number of hydrogen-bond donors (Lipinski definition) is 2. The zero-order valence-electron chi connectivity index (χ0n) is 15.5. The highest BCUT2D eigenvalue weighted by atomic mass is 16.5. The van der Waals surface area contributed by atoms with Crippen LogP contribution in [0, 0.1) is 6.92 Å². The average molecular weight is 365 g/mol. The molecule has 3 aromatic rings. The Morgan fingerprint density at radius 1 is 1.37 bits per heavy atom. The van der Waals surface area contributed by atoms with Gasteiger partial charge in [-0.05, 0) is 42.9 Å². The van der Waals surface area contributed by atoms with Gasteiger partial charge in [0.2, 0.25) is 5.91 Å². The largest absolute Gasteiger partial charge is 0.383 e. The molecule has 1 fully saturated rings. The molecule has 0 atom stereocenters. The van der Waals surface area contributed by atoms with E-state index in [0.29, 0.717) is 24.6 Å². The van der Waals surface area contributed by atoms with Crippen LogP contribution in [-0.4, -0.2) is 40.5 Å². The van der Waals surface area contributed by atoms with Gasteiger partial charge in [0.25, 0.3) is 0 Å². The summed E-state index contributed by atoms with van der Waals surface area (Å²) in [7, 11) is 1.67. The maximum atomic E-state index is 11.8. The van der Waals surface area contributed by atoms with E-state index < -0.39 is 0 Å². The molecule has 0 unspecified atom stereocenters. The lowest BCUT2D eigenvalue weighted by Gasteiger charge is -2.15. The molecule has 4 rings (SSSR count). The van der Waals surface area contributed by atoms with Crippen molar-refractivity contribution in [1.82, 2.24) is 14.4 Å². The number of amides is 1. The molecule has 27 heavy (non-hydrogen) atoms. The number of carbonyl (C=O) groups is 1. The van der Waals surface area contributed by atoms with E-state index in [-0.39, 0.29) is 5.91 Å². The molecule has 2 heterocycles. The van der Waals surface area contributed by atoms with Crippen molar-refractivity contribution >= 4 is 17.4 Å². The predicted molar refractivity (Wildman–Crippen MR) is 104 cm³/mol. The monoisotopic (exact) mass is 365 g/mol. The van der Waals surface area contributed by atoms with Crippen LogP contribution in [-0.2, 0) is 4.74 Å². The van der Waals surface area contributed by atoms with E-state index >= 15 is 0 Å². The number of aromatic nitrogens is 3. The van der Waals surface area contributed by atoms with E-state index in [9.17, 15) is 4.79 Å². The van der Waals surface area contributed by atoms with Crippen LogP contribution in [0.1, 0.15) is 40.2 Å². The third kappa shape index (κ3) is 3.14. The van der Waals surface area contributed by atoms with E-state index in [0.717, 1.165) is 41.1 Å². The van der Waals surface area contributed by atoms with E-state index in [2.05, 4.69) is 15.3 Å². The second kappa shape index (κ2) is 7.00. The molecule has 7 nitrogen and oxygen atoms in total. The molecule has 140 valence electrons. The first-order chi connectivity index (χ1) is 13.1. The Balaban J connectivity index is 1.82. The summed E-state index contributed by atoms with van der Waals surface area (Å²) in [6.07, 6.45) is 7.81. The predicted octanol–water partition coefficient (Wildman–Crippen LogP) is 2.74. The maximum absolute atomic E-state index is 11.8. The molecule has 1 saturated carbocycles. The van der Waals surface area contributed by atoms with Crippen LogP contribution in [0.3, 0.4) is 0 Å². The van der Waals surface area contributed by atoms with Crippen LogP contribution in [0.25, 0.3) is 16.9 Å². The number of carbonyl (C=O) groups excluding carboxylic acids is 1. The summed E-state index contributed by atoms with van der Waals surface area (Å²) in [5.41, 5.74) is 11.2. The molecule has 1 aliphatic carbocycles. The van der Waals surface area contributed by atoms with Crippen LogP contribution in [0.5, 0.6) is 0 Å². The summed E-state index contributed by atoms with van der Waals surface area (Å²) in [6.45, 7) is 3.24. The van der Waals surface area contributed by atoms with Gasteiger partial charge in [0.15, 0.2) is 11.5 Å². The number of hydrogen-bond acceptors (Lipinski definition) is 5. The molecular weight excluding hydrogens is 342 g/mol. The summed E-state index contributed by atoms with van der Waals surface area (Å²) in [6, 6.07) is 3.81. The first kappa shape index (κ1) is 17.5. The number of nitrogens with two attached hydrogens (primary N) is 1. The summed E-state index contributed by atoms with van der Waals surface area (Å²) >= 11 is 0. The van der Waals surface area contributed by atoms with Crippen molar-refractivity contribution < 1.29 is 9.53 Å². The number of imidazole rings is 1. The Bertz CT molecular complexity index is 1010. The Morgan fingerprint density at radius 2 is 2.19 bits per heavy atom. The van der Waals surface area contributed by atoms with Gasteiger partial charge in [0, 0.05) is 37.2 Å². The molecule has 0 saturated heterocycles. The highest BCUT2D eigenvalue weighted by Gasteiger charge is 2.30. The number of anilines is 1. The Morgan fingerprint density at radius 3 is 2.89 bits per heavy atom. The molecular formula is C20H23N5O2. The van der Waals surface area contributed by atoms with Gasteiger partial charge >= 0.3 is 0 Å². The van der Waals surface area contributed by atoms with Crippen molar-refractivity contribution in [2.75, 3.05) is 25.6 Å². The summed E-state index contributed by atoms with van der Waals surface area (Å²) in [4.78, 5) is 20.8. The lowest BCUT2D eigenvalue weighted by Crippen LogP contribution is -2.14. The number of nitrogens with one attached hydrogen (secondary N) is 1. The van der Waals surface area contributed by atoms with Crippen molar-refractivity contribution in [3.63, 3.8) is 0 Å². The minimum atomic E-state index is -0.382. The summed E-state index contributed by atoms with van der Waals surface area (Å²) in [5.74, 6) is 0.818. The minimum absolute atomic E-state index is 0.382. The first-order valence-corrected chi connectivity index (χ1v) is 9.10. The Labute approximate surface area is 157 Å². The van der Waals surface area contributed by atoms with Gasteiger partial charge in [0.1, 0.15) is 0 Å². The highest BCUT2D eigenvalue weighted by Crippen LogP contribution is 2.46. The van der Waals surface area contributed by atoms with Gasteiger partial charge in [-0.25, -0.2) is 9.97 Å². The third-order valence-electron chi connectivity index (χ3n) is 5.07. The highest BCUT2D eigenvalue weighted by molar-refractivity contribution is 5.95. The van der Waals surface area contributed by atoms with Crippen molar-refractivity contribution in [2.24, 2.45) is 5.73 Å². The lowest BCUT2D eigenvalue weighted by atomic mass is 9.92. The topological polar surface area (TPSA) is 94.5 Å². The van der Waals surface area contributed by atoms with Crippen LogP contribution >= 0.6 is 0 Å². The number of methoxy groups -OCH3 is 1. The van der Waals surface area contributed by atoms with Crippen molar-refractivity contribution in [3.05, 3.63) is 47.4 Å². The van der Waals surface area contributed by atoms with E-state index in [1.807, 2.05) is 35.9 Å². The smallest absolute Gasteiger partial charge is 0.248 e. The number of rotatable bonds is 7. The molecule has 3 N–H and O–H groups in total. The second-order valence-electron chi connectivity index (χ2n) is 6.87. The molecule has 0 radical (unpaired) electrons. The fraction of sp³-hybridized carbons (Fsp3) is 0.350. The molecule has 1 aliphatic rings. The number of nitrogens with zero attached hydrogens (tertiary/aromatic N) is 3. The number of fused-ring (bicyclic) bond motifs is 1. The molecule has 0 spiro atoms. The molecule has 7 heteroatoms. The lowest BCUT2D eigenvalue weighted by molar-refractivity contribution is 0.0999. The van der Waals surface area contributed by atoms with Crippen LogP contribution in [0.4, 0.5) is 5.82 Å². The van der Waals surface area contributed by atoms with Crippen molar-refractivity contribution in [1.29, 1.82) is 0 Å². The summed E-state index contributed by atoms with van der Waals surface area (Å²) in [5, 5.41) is 3.26. The number of primary amides is 1.